The van der Waals surface area contributed by atoms with Crippen LogP contribution >= 0.6 is 0 Å². The fourth-order valence-corrected chi connectivity index (χ4v) is 3.19. The van der Waals surface area contributed by atoms with E-state index < -0.39 is 0 Å². The van der Waals surface area contributed by atoms with Crippen molar-refractivity contribution < 1.29 is 10.2 Å². The first-order chi connectivity index (χ1) is 14.9. The van der Waals surface area contributed by atoms with Gasteiger partial charge in [0.15, 0.2) is 0 Å². The number of aromatic hydroxyl groups is 2. The third-order valence-electron chi connectivity index (χ3n) is 5.32. The van der Waals surface area contributed by atoms with Gasteiger partial charge >= 0.3 is 0 Å². The highest BCUT2D eigenvalue weighted by Gasteiger charge is 2.15. The van der Waals surface area contributed by atoms with Crippen molar-refractivity contribution in [3.63, 3.8) is 0 Å². The number of hydrogen-bond acceptors (Lipinski definition) is 4. The minimum Gasteiger partial charge on any atom is -0.507 e. The Labute approximate surface area is 191 Å². The standard InChI is InChI=1S/C28H32N2O2/c1-27(2,3)21-10-12-25(31)19(14-21)17-29-23-8-7-9-24(16-23)30-18-20-15-22(28(4,5)6)11-13-26(20)32/h7-18,31-32H,1-6H3. The molecule has 0 saturated heterocycles. The van der Waals surface area contributed by atoms with Gasteiger partial charge in [0.1, 0.15) is 11.5 Å². The number of phenols is 2. The van der Waals surface area contributed by atoms with Crippen LogP contribution in [0.5, 0.6) is 11.5 Å². The number of rotatable bonds is 4. The van der Waals surface area contributed by atoms with E-state index in [1.165, 1.54) is 0 Å². The van der Waals surface area contributed by atoms with Gasteiger partial charge in [-0.25, -0.2) is 0 Å². The quantitative estimate of drug-likeness (QED) is 0.432. The second-order valence-electron chi connectivity index (χ2n) is 10.1. The molecular formula is C28H32N2O2. The minimum atomic E-state index is -0.0131. The molecule has 0 spiro atoms. The molecule has 2 N–H and O–H groups in total. The van der Waals surface area contributed by atoms with Gasteiger partial charge in [0.05, 0.1) is 11.4 Å². The molecule has 3 aromatic rings. The zero-order chi connectivity index (χ0) is 23.5. The van der Waals surface area contributed by atoms with Crippen molar-refractivity contribution in [2.45, 2.75) is 52.4 Å². The van der Waals surface area contributed by atoms with E-state index in [-0.39, 0.29) is 22.3 Å². The highest BCUT2D eigenvalue weighted by molar-refractivity contribution is 5.87. The molecule has 0 heterocycles. The summed E-state index contributed by atoms with van der Waals surface area (Å²) in [5, 5.41) is 20.4. The van der Waals surface area contributed by atoms with Gasteiger partial charge in [0.25, 0.3) is 0 Å². The van der Waals surface area contributed by atoms with E-state index in [9.17, 15) is 10.2 Å². The van der Waals surface area contributed by atoms with Crippen molar-refractivity contribution in [1.29, 1.82) is 0 Å². The van der Waals surface area contributed by atoms with Crippen molar-refractivity contribution in [3.8, 4) is 11.5 Å². The van der Waals surface area contributed by atoms with Crippen molar-refractivity contribution in [2.24, 2.45) is 9.98 Å². The molecule has 0 amide bonds. The number of aliphatic imine (C=N–C) groups is 2. The van der Waals surface area contributed by atoms with Crippen LogP contribution in [0, 0.1) is 0 Å². The zero-order valence-electron chi connectivity index (χ0n) is 19.7. The van der Waals surface area contributed by atoms with Crippen LogP contribution in [0.1, 0.15) is 63.8 Å². The number of nitrogens with zero attached hydrogens (tertiary/aromatic N) is 2. The van der Waals surface area contributed by atoms with Crippen LogP contribution in [0.15, 0.2) is 70.6 Å². The number of benzene rings is 3. The van der Waals surface area contributed by atoms with Crippen LogP contribution < -0.4 is 0 Å². The van der Waals surface area contributed by atoms with E-state index in [1.54, 1.807) is 24.6 Å². The van der Waals surface area contributed by atoms with E-state index in [0.717, 1.165) is 22.5 Å². The highest BCUT2D eigenvalue weighted by atomic mass is 16.3. The maximum absolute atomic E-state index is 10.2. The average molecular weight is 429 g/mol. The van der Waals surface area contributed by atoms with Crippen LogP contribution in [-0.4, -0.2) is 22.6 Å². The Hall–Kier alpha value is -3.40. The zero-order valence-corrected chi connectivity index (χ0v) is 19.7. The van der Waals surface area contributed by atoms with E-state index in [2.05, 4.69) is 51.5 Å². The molecular weight excluding hydrogens is 396 g/mol. The Morgan fingerprint density at radius 3 is 1.38 bits per heavy atom. The largest absolute Gasteiger partial charge is 0.507 e. The van der Waals surface area contributed by atoms with E-state index in [1.807, 2.05) is 48.5 Å². The van der Waals surface area contributed by atoms with Crippen molar-refractivity contribution in [3.05, 3.63) is 82.9 Å². The summed E-state index contributed by atoms with van der Waals surface area (Å²) in [6, 6.07) is 18.7. The van der Waals surface area contributed by atoms with Gasteiger partial charge in [-0.3, -0.25) is 9.98 Å². The Balaban J connectivity index is 1.84. The molecule has 32 heavy (non-hydrogen) atoms. The van der Waals surface area contributed by atoms with Gasteiger partial charge in [-0.1, -0.05) is 59.7 Å². The first-order valence-corrected chi connectivity index (χ1v) is 10.8. The Morgan fingerprint density at radius 1 is 0.594 bits per heavy atom. The molecule has 166 valence electrons. The van der Waals surface area contributed by atoms with Gasteiger partial charge in [-0.15, -0.1) is 0 Å². The van der Waals surface area contributed by atoms with E-state index in [0.29, 0.717) is 11.1 Å². The predicted octanol–water partition coefficient (Wildman–Crippen LogP) is 7.19. The fourth-order valence-electron chi connectivity index (χ4n) is 3.19. The summed E-state index contributed by atoms with van der Waals surface area (Å²) in [5.41, 5.74) is 5.05. The maximum atomic E-state index is 10.2. The first-order valence-electron chi connectivity index (χ1n) is 10.8. The monoisotopic (exact) mass is 428 g/mol. The van der Waals surface area contributed by atoms with Crippen molar-refractivity contribution in [1.82, 2.24) is 0 Å². The predicted molar refractivity (Wildman–Crippen MR) is 135 cm³/mol. The van der Waals surface area contributed by atoms with Gasteiger partial charge in [-0.2, -0.15) is 0 Å². The van der Waals surface area contributed by atoms with Gasteiger partial charge in [0, 0.05) is 23.6 Å². The summed E-state index contributed by atoms with van der Waals surface area (Å²) in [7, 11) is 0. The number of phenolic OH excluding ortho intramolecular Hbond substituents is 2. The average Bonchev–Trinajstić information content (AvgIpc) is 2.71. The Morgan fingerprint density at radius 2 is 1.00 bits per heavy atom. The van der Waals surface area contributed by atoms with Gasteiger partial charge in [-0.05, 0) is 64.4 Å². The summed E-state index contributed by atoms with van der Waals surface area (Å²) in [4.78, 5) is 9.06. The topological polar surface area (TPSA) is 65.2 Å². The third-order valence-corrected chi connectivity index (χ3v) is 5.32. The molecule has 0 bridgehead atoms. The van der Waals surface area contributed by atoms with Crippen LogP contribution in [0.4, 0.5) is 11.4 Å². The van der Waals surface area contributed by atoms with Crippen LogP contribution in [0.25, 0.3) is 0 Å². The number of hydrogen-bond donors (Lipinski definition) is 2. The fraction of sp³-hybridized carbons (Fsp3) is 0.286. The van der Waals surface area contributed by atoms with Crippen LogP contribution in [0.3, 0.4) is 0 Å². The Kier molecular flexibility index (Phi) is 6.54. The summed E-state index contributed by atoms with van der Waals surface area (Å²) in [6.45, 7) is 12.8. The van der Waals surface area contributed by atoms with Crippen LogP contribution in [-0.2, 0) is 10.8 Å². The lowest BCUT2D eigenvalue weighted by Crippen LogP contribution is -2.11. The minimum absolute atomic E-state index is 0.0131. The molecule has 3 aromatic carbocycles. The molecule has 0 radical (unpaired) electrons. The molecule has 0 aromatic heterocycles. The lowest BCUT2D eigenvalue weighted by molar-refractivity contribution is 0.472. The highest BCUT2D eigenvalue weighted by Crippen LogP contribution is 2.29. The normalized spacial score (nSPS) is 12.7. The van der Waals surface area contributed by atoms with Crippen LogP contribution in [0.2, 0.25) is 0 Å². The van der Waals surface area contributed by atoms with E-state index in [4.69, 9.17) is 0 Å². The smallest absolute Gasteiger partial charge is 0.124 e. The molecule has 0 aliphatic carbocycles. The molecule has 0 fully saturated rings. The molecule has 4 nitrogen and oxygen atoms in total. The Bertz CT molecular complexity index is 1070. The molecule has 0 atom stereocenters. The first kappa shape index (κ1) is 23.3. The molecule has 0 saturated carbocycles. The third kappa shape index (κ3) is 5.85. The second kappa shape index (κ2) is 8.99. The summed E-state index contributed by atoms with van der Waals surface area (Å²) >= 11 is 0. The molecule has 0 unspecified atom stereocenters. The maximum Gasteiger partial charge on any atom is 0.124 e. The molecule has 4 heteroatoms. The molecule has 3 rings (SSSR count). The SMILES string of the molecule is CC(C)(C)c1ccc(O)c(C=Nc2cccc(N=Cc3cc(C(C)(C)C)ccc3O)c2)c1. The van der Waals surface area contributed by atoms with Gasteiger partial charge < -0.3 is 10.2 Å². The lowest BCUT2D eigenvalue weighted by Gasteiger charge is -2.19. The summed E-state index contributed by atoms with van der Waals surface area (Å²) in [6.07, 6.45) is 3.35. The molecule has 0 aliphatic heterocycles. The second-order valence-corrected chi connectivity index (χ2v) is 10.1. The lowest BCUT2D eigenvalue weighted by atomic mass is 9.86. The summed E-state index contributed by atoms with van der Waals surface area (Å²) < 4.78 is 0. The molecule has 0 aliphatic rings. The van der Waals surface area contributed by atoms with Gasteiger partial charge in [0.2, 0.25) is 0 Å². The summed E-state index contributed by atoms with van der Waals surface area (Å²) in [5.74, 6) is 0.398. The van der Waals surface area contributed by atoms with E-state index >= 15 is 0 Å². The van der Waals surface area contributed by atoms with Crippen molar-refractivity contribution in [2.75, 3.05) is 0 Å². The van der Waals surface area contributed by atoms with Crippen molar-refractivity contribution >= 4 is 23.8 Å².